The van der Waals surface area contributed by atoms with E-state index < -0.39 is 4.92 Å². The first-order chi connectivity index (χ1) is 11.1. The highest BCUT2D eigenvalue weighted by atomic mass is 16.6. The molecule has 1 aromatic heterocycles. The van der Waals surface area contributed by atoms with Crippen molar-refractivity contribution in [3.63, 3.8) is 0 Å². The third kappa shape index (κ3) is 3.65. The van der Waals surface area contributed by atoms with Gasteiger partial charge in [-0.1, -0.05) is 24.3 Å². The SMILES string of the molecule is Cc1ccccc1CN1CCN(c2ccc([N+](=O)[O-])cn2)CC1. The molecule has 6 heteroatoms. The van der Waals surface area contributed by atoms with Crippen molar-refractivity contribution in [2.24, 2.45) is 0 Å². The van der Waals surface area contributed by atoms with Crippen LogP contribution in [0.2, 0.25) is 0 Å². The van der Waals surface area contributed by atoms with E-state index in [-0.39, 0.29) is 5.69 Å². The van der Waals surface area contributed by atoms with E-state index in [0.29, 0.717) is 0 Å². The number of hydrogen-bond acceptors (Lipinski definition) is 5. The minimum absolute atomic E-state index is 0.0342. The van der Waals surface area contributed by atoms with E-state index in [1.54, 1.807) is 6.07 Å². The number of rotatable bonds is 4. The van der Waals surface area contributed by atoms with Crippen LogP contribution in [-0.4, -0.2) is 41.0 Å². The summed E-state index contributed by atoms with van der Waals surface area (Å²) in [6, 6.07) is 11.7. The minimum Gasteiger partial charge on any atom is -0.354 e. The molecular weight excluding hydrogens is 292 g/mol. The van der Waals surface area contributed by atoms with Crippen molar-refractivity contribution in [1.29, 1.82) is 0 Å². The maximum Gasteiger partial charge on any atom is 0.287 e. The highest BCUT2D eigenvalue weighted by molar-refractivity contribution is 5.43. The van der Waals surface area contributed by atoms with Crippen LogP contribution in [-0.2, 0) is 6.54 Å². The Labute approximate surface area is 135 Å². The van der Waals surface area contributed by atoms with Crippen LogP contribution in [0.5, 0.6) is 0 Å². The second-order valence-electron chi connectivity index (χ2n) is 5.82. The maximum absolute atomic E-state index is 10.7. The van der Waals surface area contributed by atoms with Gasteiger partial charge in [0.1, 0.15) is 12.0 Å². The van der Waals surface area contributed by atoms with Gasteiger partial charge in [-0.25, -0.2) is 4.98 Å². The average molecular weight is 312 g/mol. The van der Waals surface area contributed by atoms with Gasteiger partial charge in [0.2, 0.25) is 0 Å². The van der Waals surface area contributed by atoms with Crippen LogP contribution in [0, 0.1) is 17.0 Å². The van der Waals surface area contributed by atoms with E-state index in [2.05, 4.69) is 46.0 Å². The Morgan fingerprint density at radius 2 is 1.87 bits per heavy atom. The van der Waals surface area contributed by atoms with E-state index in [1.165, 1.54) is 23.4 Å². The summed E-state index contributed by atoms with van der Waals surface area (Å²) in [7, 11) is 0. The first kappa shape index (κ1) is 15.4. The van der Waals surface area contributed by atoms with Crippen molar-refractivity contribution in [3.05, 3.63) is 63.8 Å². The Bertz CT molecular complexity index is 679. The number of pyridine rings is 1. The van der Waals surface area contributed by atoms with Gasteiger partial charge in [0, 0.05) is 38.8 Å². The average Bonchev–Trinajstić information content (AvgIpc) is 2.58. The predicted octanol–water partition coefficient (Wildman–Crippen LogP) is 2.62. The molecule has 0 saturated carbocycles. The van der Waals surface area contributed by atoms with E-state index >= 15 is 0 Å². The van der Waals surface area contributed by atoms with Gasteiger partial charge < -0.3 is 4.90 Å². The molecule has 2 aromatic rings. The van der Waals surface area contributed by atoms with Crippen LogP contribution in [0.1, 0.15) is 11.1 Å². The Hall–Kier alpha value is -2.47. The zero-order chi connectivity index (χ0) is 16.2. The number of aryl methyl sites for hydroxylation is 1. The standard InChI is InChI=1S/C17H20N4O2/c1-14-4-2-3-5-15(14)13-19-8-10-20(11-9-19)17-7-6-16(12-18-17)21(22)23/h2-7,12H,8-11,13H2,1H3. The van der Waals surface area contributed by atoms with Crippen LogP contribution in [0.3, 0.4) is 0 Å². The van der Waals surface area contributed by atoms with E-state index in [9.17, 15) is 10.1 Å². The summed E-state index contributed by atoms with van der Waals surface area (Å²) in [6.45, 7) is 6.81. The van der Waals surface area contributed by atoms with Gasteiger partial charge in [-0.3, -0.25) is 15.0 Å². The number of benzene rings is 1. The van der Waals surface area contributed by atoms with Crippen molar-refractivity contribution in [2.45, 2.75) is 13.5 Å². The van der Waals surface area contributed by atoms with Gasteiger partial charge in [0.05, 0.1) is 4.92 Å². The van der Waals surface area contributed by atoms with Gasteiger partial charge in [-0.15, -0.1) is 0 Å². The van der Waals surface area contributed by atoms with Crippen LogP contribution < -0.4 is 4.90 Å². The molecule has 1 aliphatic rings. The lowest BCUT2D eigenvalue weighted by Crippen LogP contribution is -2.46. The second-order valence-corrected chi connectivity index (χ2v) is 5.82. The molecule has 0 radical (unpaired) electrons. The highest BCUT2D eigenvalue weighted by Gasteiger charge is 2.19. The smallest absolute Gasteiger partial charge is 0.287 e. The summed E-state index contributed by atoms with van der Waals surface area (Å²) < 4.78 is 0. The van der Waals surface area contributed by atoms with E-state index in [0.717, 1.165) is 38.5 Å². The Balaban J connectivity index is 1.58. The Kier molecular flexibility index (Phi) is 4.52. The van der Waals surface area contributed by atoms with Gasteiger partial charge in [-0.2, -0.15) is 0 Å². The molecule has 0 N–H and O–H groups in total. The molecule has 1 fully saturated rings. The molecular formula is C17H20N4O2. The van der Waals surface area contributed by atoms with Gasteiger partial charge in [0.25, 0.3) is 5.69 Å². The van der Waals surface area contributed by atoms with Gasteiger partial charge in [0.15, 0.2) is 0 Å². The molecule has 0 amide bonds. The van der Waals surface area contributed by atoms with Crippen molar-refractivity contribution in [2.75, 3.05) is 31.1 Å². The molecule has 23 heavy (non-hydrogen) atoms. The molecule has 3 rings (SSSR count). The van der Waals surface area contributed by atoms with E-state index in [1.807, 2.05) is 0 Å². The molecule has 0 aliphatic carbocycles. The molecule has 1 aromatic carbocycles. The first-order valence-corrected chi connectivity index (χ1v) is 7.76. The third-order valence-corrected chi connectivity index (χ3v) is 4.29. The Morgan fingerprint density at radius 3 is 2.48 bits per heavy atom. The van der Waals surface area contributed by atoms with Crippen molar-refractivity contribution in [3.8, 4) is 0 Å². The predicted molar refractivity (Wildman–Crippen MR) is 89.6 cm³/mol. The number of anilines is 1. The lowest BCUT2D eigenvalue weighted by Gasteiger charge is -2.35. The summed E-state index contributed by atoms with van der Waals surface area (Å²) in [6.07, 6.45) is 1.33. The number of hydrogen-bond donors (Lipinski definition) is 0. The molecule has 6 nitrogen and oxygen atoms in total. The van der Waals surface area contributed by atoms with Crippen LogP contribution >= 0.6 is 0 Å². The monoisotopic (exact) mass is 312 g/mol. The number of nitro groups is 1. The fourth-order valence-corrected chi connectivity index (χ4v) is 2.84. The quantitative estimate of drug-likeness (QED) is 0.641. The molecule has 0 unspecified atom stereocenters. The summed E-state index contributed by atoms with van der Waals surface area (Å²) in [4.78, 5) is 19.1. The van der Waals surface area contributed by atoms with Gasteiger partial charge in [-0.05, 0) is 24.1 Å². The second kappa shape index (κ2) is 6.75. The van der Waals surface area contributed by atoms with Crippen LogP contribution in [0.15, 0.2) is 42.6 Å². The molecule has 0 spiro atoms. The highest BCUT2D eigenvalue weighted by Crippen LogP contribution is 2.18. The number of piperazine rings is 1. The van der Waals surface area contributed by atoms with Crippen LogP contribution in [0.4, 0.5) is 11.5 Å². The fourth-order valence-electron chi connectivity index (χ4n) is 2.84. The molecule has 1 aliphatic heterocycles. The molecule has 120 valence electrons. The maximum atomic E-state index is 10.7. The van der Waals surface area contributed by atoms with Gasteiger partial charge >= 0.3 is 0 Å². The largest absolute Gasteiger partial charge is 0.354 e. The topological polar surface area (TPSA) is 62.5 Å². The molecule has 2 heterocycles. The lowest BCUT2D eigenvalue weighted by atomic mass is 10.1. The lowest BCUT2D eigenvalue weighted by molar-refractivity contribution is -0.385. The summed E-state index contributed by atoms with van der Waals surface area (Å²) in [5.74, 6) is 0.811. The van der Waals surface area contributed by atoms with Crippen LogP contribution in [0.25, 0.3) is 0 Å². The van der Waals surface area contributed by atoms with Crippen molar-refractivity contribution < 1.29 is 4.92 Å². The minimum atomic E-state index is -0.420. The summed E-state index contributed by atoms with van der Waals surface area (Å²) >= 11 is 0. The molecule has 1 saturated heterocycles. The van der Waals surface area contributed by atoms with E-state index in [4.69, 9.17) is 0 Å². The molecule has 0 atom stereocenters. The number of aromatic nitrogens is 1. The fraction of sp³-hybridized carbons (Fsp3) is 0.353. The zero-order valence-electron chi connectivity index (χ0n) is 13.2. The molecule has 0 bridgehead atoms. The Morgan fingerprint density at radius 1 is 1.13 bits per heavy atom. The number of nitrogens with zero attached hydrogens (tertiary/aromatic N) is 4. The first-order valence-electron chi connectivity index (χ1n) is 7.76. The zero-order valence-corrected chi connectivity index (χ0v) is 13.2. The summed E-state index contributed by atoms with van der Waals surface area (Å²) in [5, 5.41) is 10.7. The normalized spacial score (nSPS) is 15.6. The summed E-state index contributed by atoms with van der Waals surface area (Å²) in [5.41, 5.74) is 2.73. The van der Waals surface area contributed by atoms with Crippen molar-refractivity contribution >= 4 is 11.5 Å². The third-order valence-electron chi connectivity index (χ3n) is 4.29. The van der Waals surface area contributed by atoms with Crippen molar-refractivity contribution in [1.82, 2.24) is 9.88 Å².